The summed E-state index contributed by atoms with van der Waals surface area (Å²) < 4.78 is 10.5. The predicted octanol–water partition coefficient (Wildman–Crippen LogP) is 3.19. The first-order chi connectivity index (χ1) is 8.65. The summed E-state index contributed by atoms with van der Waals surface area (Å²) in [5, 5.41) is 0. The summed E-state index contributed by atoms with van der Waals surface area (Å²) >= 11 is 0. The molecule has 0 aliphatic heterocycles. The third-order valence-electron chi connectivity index (χ3n) is 3.37. The number of hydrogen-bond donors (Lipinski definition) is 0. The fraction of sp³-hybridized carbons (Fsp3) is 0.867. The van der Waals surface area contributed by atoms with E-state index in [1.54, 1.807) is 6.92 Å². The Labute approximate surface area is 116 Å². The molecule has 0 aromatic heterocycles. The van der Waals surface area contributed by atoms with Gasteiger partial charge in [-0.3, -0.25) is 9.59 Å². The Bertz CT molecular complexity index is 297. The van der Waals surface area contributed by atoms with E-state index in [0.717, 1.165) is 0 Å². The SMILES string of the molecule is CC(CC(=O)OC(C)C(C)C)C(=O)OC(C)C(C)C. The molecule has 0 rings (SSSR count). The van der Waals surface area contributed by atoms with Crippen LogP contribution in [0.4, 0.5) is 0 Å². The quantitative estimate of drug-likeness (QED) is 0.668. The number of rotatable bonds is 7. The summed E-state index contributed by atoms with van der Waals surface area (Å²) in [6, 6.07) is 0. The highest BCUT2D eigenvalue weighted by molar-refractivity contribution is 5.79. The van der Waals surface area contributed by atoms with Crippen molar-refractivity contribution >= 4 is 11.9 Å². The molecule has 112 valence electrons. The lowest BCUT2D eigenvalue weighted by atomic mass is 10.1. The molecule has 4 heteroatoms. The lowest BCUT2D eigenvalue weighted by Gasteiger charge is -2.20. The maximum absolute atomic E-state index is 11.8. The number of carbonyl (C=O) groups is 2. The highest BCUT2D eigenvalue weighted by atomic mass is 16.6. The molecule has 3 atom stereocenters. The topological polar surface area (TPSA) is 52.6 Å². The Kier molecular flexibility index (Phi) is 7.72. The van der Waals surface area contributed by atoms with E-state index >= 15 is 0 Å². The summed E-state index contributed by atoms with van der Waals surface area (Å²) in [4.78, 5) is 23.4. The van der Waals surface area contributed by atoms with Crippen LogP contribution in [0.15, 0.2) is 0 Å². The van der Waals surface area contributed by atoms with Gasteiger partial charge in [0.25, 0.3) is 0 Å². The van der Waals surface area contributed by atoms with Gasteiger partial charge in [0.1, 0.15) is 12.2 Å². The lowest BCUT2D eigenvalue weighted by molar-refractivity contribution is -0.161. The fourth-order valence-electron chi connectivity index (χ4n) is 1.16. The van der Waals surface area contributed by atoms with Crippen LogP contribution in [-0.2, 0) is 19.1 Å². The molecular formula is C15H28O4. The fourth-order valence-corrected chi connectivity index (χ4v) is 1.16. The number of esters is 2. The van der Waals surface area contributed by atoms with E-state index in [0.29, 0.717) is 0 Å². The smallest absolute Gasteiger partial charge is 0.309 e. The predicted molar refractivity (Wildman–Crippen MR) is 74.6 cm³/mol. The summed E-state index contributed by atoms with van der Waals surface area (Å²) in [5.74, 6) is -0.609. The van der Waals surface area contributed by atoms with Crippen LogP contribution in [0.25, 0.3) is 0 Å². The van der Waals surface area contributed by atoms with Crippen molar-refractivity contribution in [1.82, 2.24) is 0 Å². The van der Waals surface area contributed by atoms with Crippen molar-refractivity contribution in [2.75, 3.05) is 0 Å². The Hall–Kier alpha value is -1.06. The van der Waals surface area contributed by atoms with Crippen molar-refractivity contribution < 1.29 is 19.1 Å². The zero-order valence-electron chi connectivity index (χ0n) is 13.2. The molecule has 0 N–H and O–H groups in total. The molecule has 0 aliphatic carbocycles. The summed E-state index contributed by atoms with van der Waals surface area (Å²) in [6.45, 7) is 13.3. The third kappa shape index (κ3) is 7.19. The van der Waals surface area contributed by atoms with Crippen molar-refractivity contribution in [2.24, 2.45) is 17.8 Å². The highest BCUT2D eigenvalue weighted by Gasteiger charge is 2.23. The van der Waals surface area contributed by atoms with Crippen LogP contribution >= 0.6 is 0 Å². The Morgan fingerprint density at radius 3 is 1.63 bits per heavy atom. The highest BCUT2D eigenvalue weighted by Crippen LogP contribution is 2.14. The van der Waals surface area contributed by atoms with Crippen LogP contribution in [0.5, 0.6) is 0 Å². The van der Waals surface area contributed by atoms with E-state index in [-0.39, 0.29) is 42.4 Å². The second kappa shape index (κ2) is 8.18. The normalized spacial score (nSPS) is 16.1. The Morgan fingerprint density at radius 1 is 0.789 bits per heavy atom. The molecule has 4 nitrogen and oxygen atoms in total. The van der Waals surface area contributed by atoms with Gasteiger partial charge in [-0.2, -0.15) is 0 Å². The Balaban J connectivity index is 4.18. The number of ether oxygens (including phenoxy) is 2. The first kappa shape index (κ1) is 17.9. The first-order valence-electron chi connectivity index (χ1n) is 7.05. The van der Waals surface area contributed by atoms with Crippen molar-refractivity contribution in [3.05, 3.63) is 0 Å². The van der Waals surface area contributed by atoms with E-state index in [4.69, 9.17) is 9.47 Å². The molecule has 0 spiro atoms. The largest absolute Gasteiger partial charge is 0.462 e. The van der Waals surface area contributed by atoms with Gasteiger partial charge in [-0.1, -0.05) is 34.6 Å². The molecule has 0 heterocycles. The van der Waals surface area contributed by atoms with E-state index < -0.39 is 5.92 Å². The Morgan fingerprint density at radius 2 is 1.21 bits per heavy atom. The first-order valence-corrected chi connectivity index (χ1v) is 7.05. The van der Waals surface area contributed by atoms with Crippen molar-refractivity contribution in [2.45, 2.75) is 67.1 Å². The van der Waals surface area contributed by atoms with Crippen LogP contribution in [0.1, 0.15) is 54.9 Å². The second-order valence-electron chi connectivity index (χ2n) is 5.93. The molecule has 0 aromatic carbocycles. The molecule has 0 radical (unpaired) electrons. The van der Waals surface area contributed by atoms with Gasteiger partial charge in [0, 0.05) is 0 Å². The average Bonchev–Trinajstić information content (AvgIpc) is 2.27. The van der Waals surface area contributed by atoms with E-state index in [1.165, 1.54) is 0 Å². The minimum Gasteiger partial charge on any atom is -0.462 e. The molecule has 3 unspecified atom stereocenters. The number of carbonyl (C=O) groups excluding carboxylic acids is 2. The molecular weight excluding hydrogens is 244 g/mol. The second-order valence-corrected chi connectivity index (χ2v) is 5.93. The van der Waals surface area contributed by atoms with Gasteiger partial charge in [-0.15, -0.1) is 0 Å². The summed E-state index contributed by atoms with van der Waals surface area (Å²) in [7, 11) is 0. The lowest BCUT2D eigenvalue weighted by Crippen LogP contribution is -2.27. The summed E-state index contributed by atoms with van der Waals surface area (Å²) in [6.07, 6.45) is -0.202. The van der Waals surface area contributed by atoms with Gasteiger partial charge in [-0.25, -0.2) is 0 Å². The van der Waals surface area contributed by atoms with Gasteiger partial charge < -0.3 is 9.47 Å². The molecule has 19 heavy (non-hydrogen) atoms. The van der Waals surface area contributed by atoms with E-state index in [1.807, 2.05) is 41.5 Å². The minimum atomic E-state index is -0.465. The molecule has 0 fully saturated rings. The van der Waals surface area contributed by atoms with Gasteiger partial charge >= 0.3 is 11.9 Å². The van der Waals surface area contributed by atoms with Gasteiger partial charge in [-0.05, 0) is 25.7 Å². The van der Waals surface area contributed by atoms with Crippen LogP contribution in [-0.4, -0.2) is 24.1 Å². The number of hydrogen-bond acceptors (Lipinski definition) is 4. The molecule has 0 saturated carbocycles. The molecule has 0 saturated heterocycles. The average molecular weight is 272 g/mol. The van der Waals surface area contributed by atoms with Crippen molar-refractivity contribution in [3.63, 3.8) is 0 Å². The molecule has 0 aromatic rings. The van der Waals surface area contributed by atoms with Crippen LogP contribution in [0.2, 0.25) is 0 Å². The maximum atomic E-state index is 11.8. The minimum absolute atomic E-state index is 0.0701. The maximum Gasteiger partial charge on any atom is 0.309 e. The molecule has 0 aliphatic rings. The van der Waals surface area contributed by atoms with Crippen LogP contribution in [0.3, 0.4) is 0 Å². The van der Waals surface area contributed by atoms with E-state index in [9.17, 15) is 9.59 Å². The standard InChI is InChI=1S/C15H28O4/c1-9(2)12(6)18-14(16)8-11(5)15(17)19-13(7)10(3)4/h9-13H,8H2,1-7H3. The van der Waals surface area contributed by atoms with Crippen molar-refractivity contribution in [3.8, 4) is 0 Å². The molecule has 0 bridgehead atoms. The zero-order chi connectivity index (χ0) is 15.2. The summed E-state index contributed by atoms with van der Waals surface area (Å²) in [5.41, 5.74) is 0. The third-order valence-corrected chi connectivity index (χ3v) is 3.37. The van der Waals surface area contributed by atoms with Crippen LogP contribution in [0, 0.1) is 17.8 Å². The van der Waals surface area contributed by atoms with Gasteiger partial charge in [0.05, 0.1) is 12.3 Å². The monoisotopic (exact) mass is 272 g/mol. The van der Waals surface area contributed by atoms with E-state index in [2.05, 4.69) is 0 Å². The zero-order valence-corrected chi connectivity index (χ0v) is 13.2. The van der Waals surface area contributed by atoms with Crippen LogP contribution < -0.4 is 0 Å². The van der Waals surface area contributed by atoms with Gasteiger partial charge in [0.2, 0.25) is 0 Å². The van der Waals surface area contributed by atoms with Gasteiger partial charge in [0.15, 0.2) is 0 Å². The molecule has 0 amide bonds. The van der Waals surface area contributed by atoms with Crippen molar-refractivity contribution in [1.29, 1.82) is 0 Å².